The number of nitrogens with zero attached hydrogens (tertiary/aromatic N) is 6. The molecule has 5 unspecified atom stereocenters. The van der Waals surface area contributed by atoms with E-state index in [4.69, 9.17) is 26.3 Å². The van der Waals surface area contributed by atoms with Crippen LogP contribution >= 0.6 is 50.6 Å². The molecular formula is C18H16BrClN6O4S2. The molecule has 1 saturated heterocycles. The van der Waals surface area contributed by atoms with Crippen LogP contribution < -0.4 is 0 Å². The van der Waals surface area contributed by atoms with Crippen LogP contribution in [-0.2, 0) is 9.47 Å². The van der Waals surface area contributed by atoms with E-state index in [2.05, 4.69) is 36.2 Å². The van der Waals surface area contributed by atoms with Crippen molar-refractivity contribution in [2.45, 2.75) is 34.7 Å². The second-order valence-corrected chi connectivity index (χ2v) is 9.97. The van der Waals surface area contributed by atoms with Crippen LogP contribution in [0.15, 0.2) is 33.2 Å². The first-order valence-corrected chi connectivity index (χ1v) is 12.1. The van der Waals surface area contributed by atoms with E-state index in [1.807, 2.05) is 6.07 Å². The lowest BCUT2D eigenvalue weighted by atomic mass is 9.97. The minimum Gasteiger partial charge on any atom is -0.394 e. The van der Waals surface area contributed by atoms with E-state index < -0.39 is 36.4 Å². The van der Waals surface area contributed by atoms with Crippen LogP contribution in [-0.4, -0.2) is 72.6 Å². The molecule has 4 rings (SSSR count). The molecular weight excluding hydrogens is 544 g/mol. The lowest BCUT2D eigenvalue weighted by molar-refractivity contribution is -0.186. The topological polar surface area (TPSA) is 139 Å². The first kappa shape index (κ1) is 23.5. The monoisotopic (exact) mass is 558 g/mol. The summed E-state index contributed by atoms with van der Waals surface area (Å²) < 4.78 is 13.7. The second kappa shape index (κ2) is 10.1. The Balaban J connectivity index is 1.64. The molecule has 2 N–H and O–H groups in total. The molecule has 0 bridgehead atoms. The molecule has 10 nitrogen and oxygen atoms in total. The number of rotatable bonds is 6. The van der Waals surface area contributed by atoms with E-state index >= 15 is 0 Å². The molecule has 14 heteroatoms. The van der Waals surface area contributed by atoms with Gasteiger partial charge in [-0.3, -0.25) is 0 Å². The van der Waals surface area contributed by atoms with Gasteiger partial charge in [-0.05, 0) is 22.0 Å². The fraction of sp³-hybridized carbons (Fsp3) is 0.389. The van der Waals surface area contributed by atoms with Gasteiger partial charge < -0.3 is 19.7 Å². The van der Waals surface area contributed by atoms with Crippen LogP contribution in [0.1, 0.15) is 11.7 Å². The number of ether oxygens (including phenoxy) is 2. The number of halogens is 2. The molecule has 0 aliphatic carbocycles. The lowest BCUT2D eigenvalue weighted by Gasteiger charge is -2.43. The number of aromatic nitrogens is 5. The van der Waals surface area contributed by atoms with Crippen molar-refractivity contribution >= 4 is 50.6 Å². The molecule has 0 aromatic carbocycles. The van der Waals surface area contributed by atoms with Crippen LogP contribution in [0.4, 0.5) is 0 Å². The highest BCUT2D eigenvalue weighted by Gasteiger charge is 2.47. The average molecular weight is 560 g/mol. The smallest absolute Gasteiger partial charge is 0.154 e. The molecule has 4 heterocycles. The molecule has 5 atom stereocenters. The Bertz CT molecular complexity index is 1140. The molecule has 1 aliphatic heterocycles. The number of hydrogen-bond donors (Lipinski definition) is 2. The van der Waals surface area contributed by atoms with E-state index in [9.17, 15) is 10.2 Å². The molecule has 0 amide bonds. The maximum atomic E-state index is 10.9. The largest absolute Gasteiger partial charge is 0.394 e. The number of aliphatic hydroxyl groups is 2. The normalized spacial score (nSPS) is 25.6. The predicted octanol–water partition coefficient (Wildman–Crippen LogP) is 2.51. The summed E-state index contributed by atoms with van der Waals surface area (Å²) in [7, 11) is 1.51. The highest BCUT2D eigenvalue weighted by Crippen LogP contribution is 2.40. The standard InChI is InChI=1S/C18H16BrClN6O4S2/c1-29-16-14(26-5-11(24-25-26)17-23-13(20)7-31-17)15(28)12(6-27)30-18(16)32-8-2-9(19)10(3-21)22-4-8/h2,4-5,7,12,14-16,18,27-28H,6H2,1H3. The van der Waals surface area contributed by atoms with E-state index in [0.29, 0.717) is 25.2 Å². The van der Waals surface area contributed by atoms with Crippen molar-refractivity contribution in [2.75, 3.05) is 13.7 Å². The Morgan fingerprint density at radius 2 is 2.31 bits per heavy atom. The fourth-order valence-electron chi connectivity index (χ4n) is 3.30. The van der Waals surface area contributed by atoms with Crippen LogP contribution in [0.25, 0.3) is 10.7 Å². The minimum absolute atomic E-state index is 0.265. The van der Waals surface area contributed by atoms with Gasteiger partial charge in [-0.15, -0.1) is 16.4 Å². The Morgan fingerprint density at radius 3 is 2.94 bits per heavy atom. The van der Waals surface area contributed by atoms with Gasteiger partial charge in [0.05, 0.1) is 17.3 Å². The molecule has 0 saturated carbocycles. The zero-order valence-electron chi connectivity index (χ0n) is 16.4. The lowest BCUT2D eigenvalue weighted by Crippen LogP contribution is -2.55. The van der Waals surface area contributed by atoms with Gasteiger partial charge in [0.2, 0.25) is 0 Å². The summed E-state index contributed by atoms with van der Waals surface area (Å²) in [6.07, 6.45) is 0.568. The van der Waals surface area contributed by atoms with Gasteiger partial charge in [-0.25, -0.2) is 14.6 Å². The van der Waals surface area contributed by atoms with E-state index in [1.54, 1.807) is 23.8 Å². The number of aliphatic hydroxyl groups excluding tert-OH is 2. The molecule has 168 valence electrons. The van der Waals surface area contributed by atoms with E-state index in [0.717, 1.165) is 0 Å². The molecule has 0 radical (unpaired) electrons. The van der Waals surface area contributed by atoms with Gasteiger partial charge >= 0.3 is 0 Å². The zero-order valence-corrected chi connectivity index (χ0v) is 20.3. The zero-order chi connectivity index (χ0) is 22.8. The highest BCUT2D eigenvalue weighted by molar-refractivity contribution is 9.10. The Kier molecular flexibility index (Phi) is 7.43. The molecule has 32 heavy (non-hydrogen) atoms. The van der Waals surface area contributed by atoms with Crippen molar-refractivity contribution in [1.29, 1.82) is 5.26 Å². The van der Waals surface area contributed by atoms with Crippen molar-refractivity contribution in [1.82, 2.24) is 25.0 Å². The van der Waals surface area contributed by atoms with Crippen LogP contribution in [0.2, 0.25) is 5.15 Å². The van der Waals surface area contributed by atoms with E-state index in [1.165, 1.54) is 34.9 Å². The maximum absolute atomic E-state index is 10.9. The molecule has 0 spiro atoms. The van der Waals surface area contributed by atoms with Crippen LogP contribution in [0.5, 0.6) is 0 Å². The SMILES string of the molecule is COC1C(Sc2cnc(C#N)c(Br)c2)OC(CO)C(O)C1n1cc(-c2nc(Cl)cs2)nn1. The molecule has 3 aromatic rings. The van der Waals surface area contributed by atoms with Crippen LogP contribution in [0.3, 0.4) is 0 Å². The number of thiazole rings is 1. The fourth-order valence-corrected chi connectivity index (χ4v) is 5.96. The Labute approximate surface area is 204 Å². The first-order chi connectivity index (χ1) is 15.4. The van der Waals surface area contributed by atoms with Gasteiger partial charge in [-0.1, -0.05) is 28.6 Å². The molecule has 1 fully saturated rings. The van der Waals surface area contributed by atoms with Gasteiger partial charge in [0.15, 0.2) is 5.69 Å². The highest BCUT2D eigenvalue weighted by atomic mass is 79.9. The summed E-state index contributed by atoms with van der Waals surface area (Å²) in [5.74, 6) is 0. The number of pyridine rings is 1. The maximum Gasteiger partial charge on any atom is 0.154 e. The van der Waals surface area contributed by atoms with Gasteiger partial charge in [0.25, 0.3) is 0 Å². The van der Waals surface area contributed by atoms with Gasteiger partial charge in [-0.2, -0.15) is 5.26 Å². The summed E-state index contributed by atoms with van der Waals surface area (Å²) in [4.78, 5) is 9.02. The third kappa shape index (κ3) is 4.68. The van der Waals surface area contributed by atoms with Crippen molar-refractivity contribution in [3.8, 4) is 16.8 Å². The Morgan fingerprint density at radius 1 is 1.50 bits per heavy atom. The molecule has 1 aliphatic rings. The summed E-state index contributed by atoms with van der Waals surface area (Å²) in [5.41, 5.74) is 0.149. The number of nitriles is 1. The van der Waals surface area contributed by atoms with Crippen molar-refractivity contribution < 1.29 is 19.7 Å². The summed E-state index contributed by atoms with van der Waals surface area (Å²) in [6.45, 7) is -0.399. The second-order valence-electron chi connectivity index (χ2n) is 6.70. The summed E-state index contributed by atoms with van der Waals surface area (Å²) in [5, 5.41) is 40.8. The van der Waals surface area contributed by atoms with E-state index in [-0.39, 0.29) is 5.69 Å². The summed E-state index contributed by atoms with van der Waals surface area (Å²) in [6, 6.07) is 3.04. The minimum atomic E-state index is -1.11. The predicted molar refractivity (Wildman–Crippen MR) is 120 cm³/mol. The Hall–Kier alpha value is -1.63. The first-order valence-electron chi connectivity index (χ1n) is 9.17. The van der Waals surface area contributed by atoms with Gasteiger partial charge in [0.1, 0.15) is 51.7 Å². The third-order valence-electron chi connectivity index (χ3n) is 4.78. The summed E-state index contributed by atoms with van der Waals surface area (Å²) >= 11 is 11.9. The third-order valence-corrected chi connectivity index (χ3v) is 7.68. The van der Waals surface area contributed by atoms with Crippen LogP contribution in [0, 0.1) is 11.3 Å². The van der Waals surface area contributed by atoms with Gasteiger partial charge in [0, 0.05) is 23.6 Å². The van der Waals surface area contributed by atoms with Crippen molar-refractivity contribution in [3.05, 3.63) is 39.2 Å². The number of methoxy groups -OCH3 is 1. The average Bonchev–Trinajstić information content (AvgIpc) is 3.43. The number of hydrogen-bond acceptors (Lipinski definition) is 11. The van der Waals surface area contributed by atoms with Crippen molar-refractivity contribution in [2.24, 2.45) is 0 Å². The van der Waals surface area contributed by atoms with Crippen molar-refractivity contribution in [3.63, 3.8) is 0 Å². The number of thioether (sulfide) groups is 1. The quantitative estimate of drug-likeness (QED) is 0.463. The molecule has 3 aromatic heterocycles.